The maximum Gasteiger partial charge on any atom is 0.337 e. The highest BCUT2D eigenvalue weighted by Gasteiger charge is 2.20. The van der Waals surface area contributed by atoms with Crippen LogP contribution in [0.2, 0.25) is 0 Å². The summed E-state index contributed by atoms with van der Waals surface area (Å²) >= 11 is 3.66. The Morgan fingerprint density at radius 1 is 0.923 bits per heavy atom. The molecular weight excluding hydrogens is 390 g/mol. The molecule has 0 atom stereocenters. The zero-order valence-corrected chi connectivity index (χ0v) is 16.1. The molecule has 0 saturated carbocycles. The molecule has 0 bridgehead atoms. The number of aryl methyl sites for hydroxylation is 1. The zero-order valence-electron chi connectivity index (χ0n) is 14.5. The summed E-state index contributed by atoms with van der Waals surface area (Å²) in [5.41, 5.74) is 5.04. The molecule has 3 nitrogen and oxygen atoms in total. The van der Waals surface area contributed by atoms with Gasteiger partial charge >= 0.3 is 5.97 Å². The van der Waals surface area contributed by atoms with Crippen molar-refractivity contribution in [3.63, 3.8) is 0 Å². The topological polar surface area (TPSA) is 30.2 Å². The third kappa shape index (κ3) is 2.58. The molecule has 3 aromatic carbocycles. The molecule has 128 valence electrons. The molecule has 26 heavy (non-hydrogen) atoms. The van der Waals surface area contributed by atoms with Crippen LogP contribution in [0.15, 0.2) is 71.2 Å². The van der Waals surface area contributed by atoms with Gasteiger partial charge in [0, 0.05) is 22.2 Å². The second-order valence-corrected chi connectivity index (χ2v) is 7.01. The molecule has 0 fully saturated rings. The Labute approximate surface area is 160 Å². The Kier molecular flexibility index (Phi) is 4.21. The number of ether oxygens (including phenoxy) is 1. The van der Waals surface area contributed by atoms with Crippen LogP contribution in [-0.4, -0.2) is 13.1 Å². The molecule has 1 heterocycles. The SMILES string of the molecule is COC(=O)c1ccc(-c2c3ccccc3[n+](C)c3ccccc23)c(Br)c1. The first-order valence-electron chi connectivity index (χ1n) is 8.29. The van der Waals surface area contributed by atoms with Crippen molar-refractivity contribution in [3.8, 4) is 11.1 Å². The number of esters is 1. The van der Waals surface area contributed by atoms with Crippen LogP contribution in [0.4, 0.5) is 0 Å². The highest BCUT2D eigenvalue weighted by molar-refractivity contribution is 9.10. The number of aromatic nitrogens is 1. The van der Waals surface area contributed by atoms with Gasteiger partial charge in [0.15, 0.2) is 0 Å². The summed E-state index contributed by atoms with van der Waals surface area (Å²) in [6.07, 6.45) is 0. The van der Waals surface area contributed by atoms with Gasteiger partial charge in [0.2, 0.25) is 11.0 Å². The van der Waals surface area contributed by atoms with Crippen LogP contribution in [-0.2, 0) is 11.8 Å². The van der Waals surface area contributed by atoms with Crippen molar-refractivity contribution in [3.05, 3.63) is 76.8 Å². The van der Waals surface area contributed by atoms with Crippen molar-refractivity contribution >= 4 is 43.7 Å². The average molecular weight is 407 g/mol. The van der Waals surface area contributed by atoms with Gasteiger partial charge in [0.05, 0.1) is 23.4 Å². The second kappa shape index (κ2) is 6.54. The fourth-order valence-electron chi connectivity index (χ4n) is 3.48. The molecule has 0 spiro atoms. The van der Waals surface area contributed by atoms with Crippen molar-refractivity contribution in [2.24, 2.45) is 7.05 Å². The van der Waals surface area contributed by atoms with Gasteiger partial charge in [-0.05, 0) is 29.8 Å². The molecule has 0 amide bonds. The smallest absolute Gasteiger partial charge is 0.337 e. The van der Waals surface area contributed by atoms with Gasteiger partial charge in [-0.25, -0.2) is 4.79 Å². The van der Waals surface area contributed by atoms with Gasteiger partial charge in [-0.3, -0.25) is 0 Å². The van der Waals surface area contributed by atoms with E-state index in [4.69, 9.17) is 4.74 Å². The van der Waals surface area contributed by atoms with Crippen molar-refractivity contribution in [1.82, 2.24) is 0 Å². The standard InChI is InChI=1S/C22H17BrNO2/c1-24-19-9-5-3-7-16(19)21(17-8-4-6-10-20(17)24)15-12-11-14(13-18(15)23)22(25)26-2/h3-13H,1-2H3/q+1. The number of rotatable bonds is 2. The third-order valence-corrected chi connectivity index (χ3v) is 5.39. The van der Waals surface area contributed by atoms with E-state index in [1.165, 1.54) is 17.9 Å². The van der Waals surface area contributed by atoms with Crippen LogP contribution in [0.3, 0.4) is 0 Å². The average Bonchev–Trinajstić information content (AvgIpc) is 2.68. The van der Waals surface area contributed by atoms with Crippen molar-refractivity contribution in [2.75, 3.05) is 7.11 Å². The van der Waals surface area contributed by atoms with E-state index in [9.17, 15) is 4.79 Å². The second-order valence-electron chi connectivity index (χ2n) is 6.15. The minimum atomic E-state index is -0.341. The Hall–Kier alpha value is -2.72. The number of hydrogen-bond donors (Lipinski definition) is 0. The number of pyridine rings is 1. The number of methoxy groups -OCH3 is 1. The molecule has 1 aromatic heterocycles. The van der Waals surface area contributed by atoms with Gasteiger partial charge in [-0.1, -0.05) is 46.3 Å². The summed E-state index contributed by atoms with van der Waals surface area (Å²) in [7, 11) is 3.48. The maximum absolute atomic E-state index is 11.8. The summed E-state index contributed by atoms with van der Waals surface area (Å²) < 4.78 is 7.91. The van der Waals surface area contributed by atoms with E-state index in [1.807, 2.05) is 18.2 Å². The van der Waals surface area contributed by atoms with Crippen LogP contribution >= 0.6 is 15.9 Å². The van der Waals surface area contributed by atoms with E-state index >= 15 is 0 Å². The van der Waals surface area contributed by atoms with E-state index in [1.54, 1.807) is 0 Å². The van der Waals surface area contributed by atoms with Gasteiger partial charge in [-0.15, -0.1) is 0 Å². The molecule has 4 aromatic rings. The predicted molar refractivity (Wildman–Crippen MR) is 107 cm³/mol. The molecule has 0 aliphatic heterocycles. The number of halogens is 1. The molecule has 0 aliphatic rings. The molecule has 4 heteroatoms. The number of carbonyl (C=O) groups is 1. The molecule has 0 aliphatic carbocycles. The van der Waals surface area contributed by atoms with Crippen molar-refractivity contribution in [1.29, 1.82) is 0 Å². The minimum Gasteiger partial charge on any atom is -0.465 e. The van der Waals surface area contributed by atoms with E-state index < -0.39 is 0 Å². The Morgan fingerprint density at radius 2 is 1.50 bits per heavy atom. The number of fused-ring (bicyclic) bond motifs is 2. The number of hydrogen-bond acceptors (Lipinski definition) is 2. The highest BCUT2D eigenvalue weighted by Crippen LogP contribution is 2.38. The molecule has 0 saturated heterocycles. The van der Waals surface area contributed by atoms with Crippen LogP contribution in [0, 0.1) is 0 Å². The van der Waals surface area contributed by atoms with Crippen LogP contribution in [0.25, 0.3) is 32.9 Å². The van der Waals surface area contributed by atoms with Gasteiger partial charge in [-0.2, -0.15) is 4.57 Å². The van der Waals surface area contributed by atoms with Crippen LogP contribution < -0.4 is 4.57 Å². The summed E-state index contributed by atoms with van der Waals surface area (Å²) in [5.74, 6) is -0.341. The van der Waals surface area contributed by atoms with E-state index in [2.05, 4.69) is 76.1 Å². The van der Waals surface area contributed by atoms with Gasteiger partial charge < -0.3 is 4.74 Å². The lowest BCUT2D eigenvalue weighted by Gasteiger charge is -2.12. The lowest BCUT2D eigenvalue weighted by Crippen LogP contribution is -2.30. The van der Waals surface area contributed by atoms with Crippen LogP contribution in [0.1, 0.15) is 10.4 Å². The molecule has 0 N–H and O–H groups in total. The maximum atomic E-state index is 11.8. The summed E-state index contributed by atoms with van der Waals surface area (Å²) in [6.45, 7) is 0. The molecular formula is C22H17BrNO2+. The quantitative estimate of drug-likeness (QED) is 0.265. The zero-order chi connectivity index (χ0) is 18.3. The first-order chi connectivity index (χ1) is 12.6. The lowest BCUT2D eigenvalue weighted by molar-refractivity contribution is -0.617. The number of benzene rings is 3. The largest absolute Gasteiger partial charge is 0.465 e. The summed E-state index contributed by atoms with van der Waals surface area (Å²) in [5, 5.41) is 2.33. The number of carbonyl (C=O) groups excluding carboxylic acids is 1. The number of nitrogens with zero attached hydrogens (tertiary/aromatic N) is 1. The monoisotopic (exact) mass is 406 g/mol. The number of para-hydroxylation sites is 2. The normalized spacial score (nSPS) is 11.0. The van der Waals surface area contributed by atoms with E-state index in [-0.39, 0.29) is 5.97 Å². The first-order valence-corrected chi connectivity index (χ1v) is 9.09. The molecule has 4 rings (SSSR count). The highest BCUT2D eigenvalue weighted by atomic mass is 79.9. The summed E-state index contributed by atoms with van der Waals surface area (Å²) in [4.78, 5) is 11.8. The summed E-state index contributed by atoms with van der Waals surface area (Å²) in [6, 6.07) is 22.3. The van der Waals surface area contributed by atoms with Crippen molar-refractivity contribution < 1.29 is 14.1 Å². The molecule has 0 radical (unpaired) electrons. The Bertz CT molecular complexity index is 1110. The van der Waals surface area contributed by atoms with Crippen molar-refractivity contribution in [2.45, 2.75) is 0 Å². The predicted octanol–water partition coefficient (Wildman–Crippen LogP) is 5.03. The fraction of sp³-hybridized carbons (Fsp3) is 0.0909. The van der Waals surface area contributed by atoms with Gasteiger partial charge in [0.1, 0.15) is 7.05 Å². The Morgan fingerprint density at radius 3 is 2.04 bits per heavy atom. The van der Waals surface area contributed by atoms with Gasteiger partial charge in [0.25, 0.3) is 0 Å². The van der Waals surface area contributed by atoms with Crippen LogP contribution in [0.5, 0.6) is 0 Å². The Balaban J connectivity index is 2.11. The fourth-order valence-corrected chi connectivity index (χ4v) is 4.06. The first kappa shape index (κ1) is 16.7. The minimum absolute atomic E-state index is 0.341. The lowest BCUT2D eigenvalue weighted by atomic mass is 9.95. The van der Waals surface area contributed by atoms with E-state index in [0.29, 0.717) is 5.56 Å². The molecule has 0 unspecified atom stereocenters. The van der Waals surface area contributed by atoms with E-state index in [0.717, 1.165) is 26.6 Å². The third-order valence-electron chi connectivity index (χ3n) is 4.73.